The van der Waals surface area contributed by atoms with Crippen LogP contribution in [0.5, 0.6) is 0 Å². The van der Waals surface area contributed by atoms with Crippen LogP contribution in [-0.4, -0.2) is 37.8 Å². The van der Waals surface area contributed by atoms with Crippen molar-refractivity contribution in [2.24, 2.45) is 0 Å². The molecule has 0 aliphatic rings. The van der Waals surface area contributed by atoms with Gasteiger partial charge in [-0.3, -0.25) is 4.98 Å². The molecule has 146 valence electrons. The van der Waals surface area contributed by atoms with E-state index in [1.54, 1.807) is 0 Å². The largest absolute Gasteiger partial charge is 0.467 e. The zero-order valence-corrected chi connectivity index (χ0v) is 15.4. The third-order valence-electron chi connectivity index (χ3n) is 3.85. The van der Waals surface area contributed by atoms with Crippen LogP contribution in [0.4, 0.5) is 13.2 Å². The predicted octanol–water partition coefficient (Wildman–Crippen LogP) is 2.55. The summed E-state index contributed by atoms with van der Waals surface area (Å²) < 4.78 is 66.9. The monoisotopic (exact) mass is 403 g/mol. The van der Waals surface area contributed by atoms with Gasteiger partial charge < -0.3 is 9.84 Å². The quantitative estimate of drug-likeness (QED) is 0.789. The molecule has 0 aliphatic heterocycles. The number of esters is 1. The number of ether oxygens (including phenoxy) is 1. The highest BCUT2D eigenvalue weighted by atomic mass is 32.2. The lowest BCUT2D eigenvalue weighted by Crippen LogP contribution is -2.35. The molecule has 6 nitrogen and oxygen atoms in total. The fourth-order valence-corrected chi connectivity index (χ4v) is 3.04. The number of aliphatic hydroxyl groups is 1. The Morgan fingerprint density at radius 3 is 2.19 bits per heavy atom. The number of methoxy groups -OCH3 is 1. The van der Waals surface area contributed by atoms with E-state index in [0.717, 1.165) is 26.4 Å². The molecule has 1 heterocycles. The van der Waals surface area contributed by atoms with Crippen LogP contribution in [0.3, 0.4) is 0 Å². The molecular weight excluding hydrogens is 387 g/mol. The van der Waals surface area contributed by atoms with E-state index in [4.69, 9.17) is 0 Å². The number of benzene rings is 1. The summed E-state index contributed by atoms with van der Waals surface area (Å²) in [7, 11) is -2.49. The van der Waals surface area contributed by atoms with E-state index in [1.165, 1.54) is 24.3 Å². The highest BCUT2D eigenvalue weighted by Crippen LogP contribution is 2.37. The van der Waals surface area contributed by atoms with E-state index in [9.17, 15) is 31.5 Å². The molecule has 1 aromatic heterocycles. The number of hydrogen-bond donors (Lipinski definition) is 1. The van der Waals surface area contributed by atoms with Gasteiger partial charge in [-0.2, -0.15) is 13.2 Å². The summed E-state index contributed by atoms with van der Waals surface area (Å²) in [5, 5.41) is 10.5. The van der Waals surface area contributed by atoms with Crippen LogP contribution in [0.15, 0.2) is 41.4 Å². The summed E-state index contributed by atoms with van der Waals surface area (Å²) in [5.74, 6) is -1.11. The second-order valence-corrected chi connectivity index (χ2v) is 7.99. The SMILES string of the molecule is COC(=O)[C@](C)(O)c1ncc(C(F)(F)F)cc1-c1ccc(S(C)(=O)=O)cc1. The number of carbonyl (C=O) groups is 1. The number of rotatable bonds is 4. The normalized spacial score (nSPS) is 14.5. The minimum absolute atomic E-state index is 0.0348. The molecule has 1 N–H and O–H groups in total. The Hall–Kier alpha value is -2.46. The Kier molecular flexibility index (Phi) is 5.35. The highest BCUT2D eigenvalue weighted by Gasteiger charge is 2.40. The zero-order valence-electron chi connectivity index (χ0n) is 14.5. The van der Waals surface area contributed by atoms with Crippen molar-refractivity contribution in [2.75, 3.05) is 13.4 Å². The van der Waals surface area contributed by atoms with Crippen LogP contribution in [0, 0.1) is 0 Å². The van der Waals surface area contributed by atoms with Gasteiger partial charge in [0.05, 0.1) is 23.3 Å². The summed E-state index contributed by atoms with van der Waals surface area (Å²) in [6.07, 6.45) is -3.22. The van der Waals surface area contributed by atoms with Crippen molar-refractivity contribution in [1.29, 1.82) is 0 Å². The Morgan fingerprint density at radius 1 is 1.19 bits per heavy atom. The summed E-state index contributed by atoms with van der Waals surface area (Å²) in [4.78, 5) is 15.5. The van der Waals surface area contributed by atoms with Gasteiger partial charge in [0.15, 0.2) is 9.84 Å². The number of sulfone groups is 1. The molecule has 0 spiro atoms. The molecule has 0 aliphatic carbocycles. The molecule has 2 aromatic rings. The topological polar surface area (TPSA) is 93.6 Å². The minimum Gasteiger partial charge on any atom is -0.467 e. The van der Waals surface area contributed by atoms with Gasteiger partial charge in [-0.15, -0.1) is 0 Å². The average Bonchev–Trinajstić information content (AvgIpc) is 2.59. The summed E-state index contributed by atoms with van der Waals surface area (Å²) in [6, 6.07) is 5.69. The van der Waals surface area contributed by atoms with E-state index >= 15 is 0 Å². The van der Waals surface area contributed by atoms with Crippen molar-refractivity contribution in [3.05, 3.63) is 47.8 Å². The first-order valence-electron chi connectivity index (χ1n) is 7.47. The smallest absolute Gasteiger partial charge is 0.417 e. The number of hydrogen-bond acceptors (Lipinski definition) is 6. The Bertz CT molecular complexity index is 967. The number of aromatic nitrogens is 1. The van der Waals surface area contributed by atoms with Gasteiger partial charge in [0.1, 0.15) is 0 Å². The maximum atomic E-state index is 13.1. The number of carbonyl (C=O) groups excluding carboxylic acids is 1. The van der Waals surface area contributed by atoms with Gasteiger partial charge in [0, 0.05) is 18.0 Å². The van der Waals surface area contributed by atoms with Crippen molar-refractivity contribution >= 4 is 15.8 Å². The second-order valence-electron chi connectivity index (χ2n) is 5.98. The van der Waals surface area contributed by atoms with Crippen LogP contribution in [-0.2, 0) is 31.1 Å². The number of alkyl halides is 3. The molecule has 0 amide bonds. The van der Waals surface area contributed by atoms with E-state index in [-0.39, 0.29) is 21.7 Å². The maximum absolute atomic E-state index is 13.1. The molecule has 27 heavy (non-hydrogen) atoms. The Balaban J connectivity index is 2.73. The average molecular weight is 403 g/mol. The van der Waals surface area contributed by atoms with Crippen molar-refractivity contribution in [3.63, 3.8) is 0 Å². The Morgan fingerprint density at radius 2 is 1.74 bits per heavy atom. The highest BCUT2D eigenvalue weighted by molar-refractivity contribution is 7.90. The third-order valence-corrected chi connectivity index (χ3v) is 4.98. The summed E-state index contributed by atoms with van der Waals surface area (Å²) in [6.45, 7) is 1.04. The van der Waals surface area contributed by atoms with Crippen LogP contribution >= 0.6 is 0 Å². The molecule has 0 unspecified atom stereocenters. The number of halogens is 3. The van der Waals surface area contributed by atoms with Gasteiger partial charge >= 0.3 is 12.1 Å². The van der Waals surface area contributed by atoms with Crippen LogP contribution in [0.25, 0.3) is 11.1 Å². The molecule has 1 atom stereocenters. The van der Waals surface area contributed by atoms with Crippen LogP contribution in [0.2, 0.25) is 0 Å². The summed E-state index contributed by atoms with van der Waals surface area (Å²) >= 11 is 0. The zero-order chi connectivity index (χ0) is 20.6. The van der Waals surface area contributed by atoms with E-state index in [1.807, 2.05) is 0 Å². The first-order valence-corrected chi connectivity index (χ1v) is 9.36. The minimum atomic E-state index is -4.70. The third kappa shape index (κ3) is 4.28. The van der Waals surface area contributed by atoms with Gasteiger partial charge in [-0.25, -0.2) is 13.2 Å². The van der Waals surface area contributed by atoms with Crippen molar-refractivity contribution in [3.8, 4) is 11.1 Å². The van der Waals surface area contributed by atoms with Crippen LogP contribution in [0.1, 0.15) is 18.2 Å². The predicted molar refractivity (Wildman–Crippen MR) is 89.4 cm³/mol. The standard InChI is InChI=1S/C17H16F3NO5S/c1-16(23,15(22)26-2)14-13(8-11(9-21-14)17(18,19)20)10-4-6-12(7-5-10)27(3,24)25/h4-9,23H,1-3H3/t16-/m1/s1. The van der Waals surface area contributed by atoms with Crippen molar-refractivity contribution in [2.45, 2.75) is 23.6 Å². The first-order chi connectivity index (χ1) is 12.3. The molecule has 10 heteroatoms. The fraction of sp³-hybridized carbons (Fsp3) is 0.294. The molecular formula is C17H16F3NO5S. The van der Waals surface area contributed by atoms with E-state index < -0.39 is 33.1 Å². The van der Waals surface area contributed by atoms with E-state index in [2.05, 4.69) is 9.72 Å². The lowest BCUT2D eigenvalue weighted by atomic mass is 9.92. The van der Waals surface area contributed by atoms with Crippen LogP contribution < -0.4 is 0 Å². The maximum Gasteiger partial charge on any atom is 0.417 e. The van der Waals surface area contributed by atoms with Crippen molar-refractivity contribution in [1.82, 2.24) is 4.98 Å². The second kappa shape index (κ2) is 6.93. The molecule has 0 saturated heterocycles. The number of pyridine rings is 1. The Labute approximate surface area is 153 Å². The molecule has 2 rings (SSSR count). The number of nitrogens with zero attached hydrogens (tertiary/aromatic N) is 1. The van der Waals surface area contributed by atoms with Crippen molar-refractivity contribution < 1.29 is 36.2 Å². The fourth-order valence-electron chi connectivity index (χ4n) is 2.40. The molecule has 0 radical (unpaired) electrons. The molecule has 0 fully saturated rings. The molecule has 0 bridgehead atoms. The van der Waals surface area contributed by atoms with Gasteiger partial charge in [-0.1, -0.05) is 12.1 Å². The van der Waals surface area contributed by atoms with Gasteiger partial charge in [-0.05, 0) is 30.7 Å². The lowest BCUT2D eigenvalue weighted by molar-refractivity contribution is -0.161. The summed E-state index contributed by atoms with van der Waals surface area (Å²) in [5.41, 5.74) is -3.80. The molecule has 0 saturated carbocycles. The van der Waals surface area contributed by atoms with Gasteiger partial charge in [0.2, 0.25) is 5.60 Å². The van der Waals surface area contributed by atoms with Gasteiger partial charge in [0.25, 0.3) is 0 Å². The van der Waals surface area contributed by atoms with E-state index in [0.29, 0.717) is 6.20 Å². The molecule has 1 aromatic carbocycles. The lowest BCUT2D eigenvalue weighted by Gasteiger charge is -2.23. The first kappa shape index (κ1) is 20.8.